The maximum atomic E-state index is 13.1. The maximum absolute atomic E-state index is 13.1. The summed E-state index contributed by atoms with van der Waals surface area (Å²) >= 11 is 0. The first-order valence-electron chi connectivity index (χ1n) is 12.0. The van der Waals surface area contributed by atoms with Gasteiger partial charge in [-0.05, 0) is 62.9 Å². The minimum Gasteiger partial charge on any atom is -0.352 e. The van der Waals surface area contributed by atoms with Gasteiger partial charge in [-0.2, -0.15) is 10.2 Å². The second-order valence-electron chi connectivity index (χ2n) is 8.99. The number of carbonyl (C=O) groups is 1. The van der Waals surface area contributed by atoms with E-state index in [0.29, 0.717) is 6.54 Å². The van der Waals surface area contributed by atoms with Crippen LogP contribution < -0.4 is 10.2 Å². The number of hydrogen-bond donors (Lipinski definition) is 1. The van der Waals surface area contributed by atoms with E-state index in [1.165, 1.54) is 5.56 Å². The molecular formula is C27H30N6O. The Balaban J connectivity index is 1.42. The van der Waals surface area contributed by atoms with Crippen LogP contribution in [0.5, 0.6) is 0 Å². The molecule has 1 N–H and O–H groups in total. The molecule has 1 saturated heterocycles. The smallest absolute Gasteiger partial charge is 0.229 e. The van der Waals surface area contributed by atoms with Gasteiger partial charge in [-0.1, -0.05) is 37.3 Å². The average molecular weight is 455 g/mol. The summed E-state index contributed by atoms with van der Waals surface area (Å²) in [5.41, 5.74) is 5.84. The highest BCUT2D eigenvalue weighted by Gasteiger charge is 2.29. The van der Waals surface area contributed by atoms with Gasteiger partial charge in [-0.3, -0.25) is 4.79 Å². The lowest BCUT2D eigenvalue weighted by Gasteiger charge is -2.32. The number of fused-ring (bicyclic) bond motifs is 1. The van der Waals surface area contributed by atoms with Crippen molar-refractivity contribution in [2.24, 2.45) is 5.92 Å². The number of hydrogen-bond acceptors (Lipinski definition) is 5. The second-order valence-corrected chi connectivity index (χ2v) is 8.99. The molecule has 1 aliphatic heterocycles. The van der Waals surface area contributed by atoms with Gasteiger partial charge in [-0.15, -0.1) is 5.10 Å². The summed E-state index contributed by atoms with van der Waals surface area (Å²) in [4.78, 5) is 15.2. The number of carbonyl (C=O) groups excluding carboxylic acids is 1. The summed E-state index contributed by atoms with van der Waals surface area (Å²) in [6.07, 6.45) is 2.76. The highest BCUT2D eigenvalue weighted by molar-refractivity contribution is 5.94. The summed E-state index contributed by atoms with van der Waals surface area (Å²) in [6, 6.07) is 18.2. The van der Waals surface area contributed by atoms with E-state index >= 15 is 0 Å². The first kappa shape index (κ1) is 22.1. The lowest BCUT2D eigenvalue weighted by atomic mass is 9.96. The van der Waals surface area contributed by atoms with E-state index in [1.54, 1.807) is 0 Å². The zero-order valence-corrected chi connectivity index (χ0v) is 20.0. The Bertz CT molecular complexity index is 1310. The van der Waals surface area contributed by atoms with E-state index in [-0.39, 0.29) is 11.8 Å². The van der Waals surface area contributed by atoms with Crippen molar-refractivity contribution in [3.05, 3.63) is 71.5 Å². The number of benzene rings is 2. The maximum Gasteiger partial charge on any atom is 0.229 e. The molecular weight excluding hydrogens is 424 g/mol. The predicted octanol–water partition coefficient (Wildman–Crippen LogP) is 4.85. The van der Waals surface area contributed by atoms with Crippen molar-refractivity contribution in [1.29, 1.82) is 0 Å². The molecule has 7 heteroatoms. The van der Waals surface area contributed by atoms with Crippen LogP contribution in [-0.4, -0.2) is 39.0 Å². The third-order valence-corrected chi connectivity index (χ3v) is 6.71. The van der Waals surface area contributed by atoms with Gasteiger partial charge in [0.2, 0.25) is 5.91 Å². The molecule has 0 bridgehead atoms. The lowest BCUT2D eigenvalue weighted by Crippen LogP contribution is -2.41. The largest absolute Gasteiger partial charge is 0.352 e. The summed E-state index contributed by atoms with van der Waals surface area (Å²) in [5.74, 6) is 0.689. The topological polar surface area (TPSA) is 75.9 Å². The molecule has 0 aliphatic carbocycles. The Labute approximate surface area is 199 Å². The van der Waals surface area contributed by atoms with E-state index in [9.17, 15) is 4.79 Å². The van der Waals surface area contributed by atoms with E-state index in [1.807, 2.05) is 54.1 Å². The van der Waals surface area contributed by atoms with Crippen LogP contribution in [0.3, 0.4) is 0 Å². The quantitative estimate of drug-likeness (QED) is 0.467. The molecule has 1 aliphatic rings. The molecule has 1 atom stereocenters. The van der Waals surface area contributed by atoms with Crippen LogP contribution in [0.15, 0.2) is 54.6 Å². The first-order chi connectivity index (χ1) is 16.5. The van der Waals surface area contributed by atoms with Gasteiger partial charge in [0.15, 0.2) is 5.82 Å². The van der Waals surface area contributed by atoms with Crippen molar-refractivity contribution in [1.82, 2.24) is 20.0 Å². The fourth-order valence-corrected chi connectivity index (χ4v) is 4.80. The molecule has 2 aromatic heterocycles. The Morgan fingerprint density at radius 3 is 2.56 bits per heavy atom. The predicted molar refractivity (Wildman–Crippen MR) is 136 cm³/mol. The molecule has 7 nitrogen and oxygen atoms in total. The zero-order valence-electron chi connectivity index (χ0n) is 20.0. The number of aromatic nitrogens is 4. The van der Waals surface area contributed by atoms with Crippen LogP contribution in [0.1, 0.15) is 36.7 Å². The summed E-state index contributed by atoms with van der Waals surface area (Å²) in [5, 5.41) is 18.1. The summed E-state index contributed by atoms with van der Waals surface area (Å²) < 4.78 is 1.96. The van der Waals surface area contributed by atoms with E-state index < -0.39 is 0 Å². The van der Waals surface area contributed by atoms with E-state index in [4.69, 9.17) is 5.10 Å². The number of piperidine rings is 1. The molecule has 34 heavy (non-hydrogen) atoms. The highest BCUT2D eigenvalue weighted by Crippen LogP contribution is 2.31. The molecule has 0 saturated carbocycles. The molecule has 2 aromatic carbocycles. The second kappa shape index (κ2) is 9.25. The van der Waals surface area contributed by atoms with Gasteiger partial charge in [0.25, 0.3) is 0 Å². The number of anilines is 2. The summed E-state index contributed by atoms with van der Waals surface area (Å²) in [6.45, 7) is 7.60. The van der Waals surface area contributed by atoms with Crippen LogP contribution in [0.4, 0.5) is 11.5 Å². The van der Waals surface area contributed by atoms with Gasteiger partial charge >= 0.3 is 0 Å². The molecule has 1 amide bonds. The average Bonchev–Trinajstić information content (AvgIpc) is 3.23. The van der Waals surface area contributed by atoms with E-state index in [2.05, 4.69) is 46.4 Å². The Hall–Kier alpha value is -3.74. The minimum atomic E-state index is -0.116. The molecule has 3 heterocycles. The first-order valence-corrected chi connectivity index (χ1v) is 12.0. The monoisotopic (exact) mass is 454 g/mol. The third-order valence-electron chi connectivity index (χ3n) is 6.71. The van der Waals surface area contributed by atoms with Crippen molar-refractivity contribution in [2.75, 3.05) is 23.3 Å². The molecule has 0 radical (unpaired) electrons. The molecule has 4 aromatic rings. The van der Waals surface area contributed by atoms with Gasteiger partial charge in [0.1, 0.15) is 5.52 Å². The molecule has 0 spiro atoms. The number of aryl methyl sites for hydroxylation is 3. The zero-order chi connectivity index (χ0) is 23.7. The van der Waals surface area contributed by atoms with Crippen molar-refractivity contribution in [3.63, 3.8) is 0 Å². The Morgan fingerprint density at radius 2 is 1.82 bits per heavy atom. The minimum absolute atomic E-state index is 0.0521. The molecule has 5 rings (SSSR count). The molecule has 174 valence electrons. The highest BCUT2D eigenvalue weighted by atomic mass is 16.1. The van der Waals surface area contributed by atoms with Crippen LogP contribution >= 0.6 is 0 Å². The molecule has 0 unspecified atom stereocenters. The lowest BCUT2D eigenvalue weighted by molar-refractivity contribution is -0.120. The SMILES string of the molecule is CCc1ccc(NC(=O)[C@H]2CCCN(c3nnc(C)c4c(C)n(-c5ccccc5)nc34)C2)cc1. The van der Waals surface area contributed by atoms with Crippen LogP contribution in [-0.2, 0) is 11.2 Å². The molecule has 1 fully saturated rings. The van der Waals surface area contributed by atoms with Gasteiger partial charge in [-0.25, -0.2) is 4.68 Å². The number of para-hydroxylation sites is 1. The van der Waals surface area contributed by atoms with Crippen molar-refractivity contribution >= 4 is 28.3 Å². The van der Waals surface area contributed by atoms with Crippen molar-refractivity contribution in [3.8, 4) is 5.69 Å². The Kier molecular flexibility index (Phi) is 6.01. The van der Waals surface area contributed by atoms with Gasteiger partial charge < -0.3 is 10.2 Å². The number of nitrogens with zero attached hydrogens (tertiary/aromatic N) is 5. The fourth-order valence-electron chi connectivity index (χ4n) is 4.80. The normalized spacial score (nSPS) is 16.1. The Morgan fingerprint density at radius 1 is 1.06 bits per heavy atom. The fraction of sp³-hybridized carbons (Fsp3) is 0.333. The number of rotatable bonds is 5. The van der Waals surface area contributed by atoms with E-state index in [0.717, 1.165) is 65.3 Å². The number of amides is 1. The van der Waals surface area contributed by atoms with Gasteiger partial charge in [0, 0.05) is 18.8 Å². The van der Waals surface area contributed by atoms with Crippen molar-refractivity contribution < 1.29 is 4.79 Å². The van der Waals surface area contributed by atoms with Crippen LogP contribution in [0.2, 0.25) is 0 Å². The van der Waals surface area contributed by atoms with Crippen LogP contribution in [0, 0.1) is 19.8 Å². The third kappa shape index (κ3) is 4.14. The number of nitrogens with one attached hydrogen (secondary N) is 1. The van der Waals surface area contributed by atoms with Crippen LogP contribution in [0.25, 0.3) is 16.6 Å². The standard InChI is InChI=1S/C27H30N6O/c1-4-20-12-14-22(15-13-20)28-27(34)21-9-8-16-32(17-21)26-25-24(18(2)29-30-26)19(3)33(31-25)23-10-6-5-7-11-23/h5-7,10-15,21H,4,8-9,16-17H2,1-3H3,(H,28,34)/t21-/m0/s1. The summed E-state index contributed by atoms with van der Waals surface area (Å²) in [7, 11) is 0. The van der Waals surface area contributed by atoms with Crippen molar-refractivity contribution in [2.45, 2.75) is 40.0 Å². The van der Waals surface area contributed by atoms with Gasteiger partial charge in [0.05, 0.1) is 28.4 Å².